The molecule has 7 heteroatoms. The Kier molecular flexibility index (Phi) is 5.19. The number of nitriles is 1. The van der Waals surface area contributed by atoms with Crippen molar-refractivity contribution in [3.63, 3.8) is 0 Å². The monoisotopic (exact) mass is 489 g/mol. The molecular weight excluding hydrogens is 473 g/mol. The number of halogens is 1. The molecule has 5 nitrogen and oxygen atoms in total. The zero-order valence-electron chi connectivity index (χ0n) is 14.4. The van der Waals surface area contributed by atoms with E-state index in [0.717, 1.165) is 40.5 Å². The normalized spacial score (nSPS) is 19.1. The van der Waals surface area contributed by atoms with Gasteiger partial charge in [0.2, 0.25) is 11.8 Å². The van der Waals surface area contributed by atoms with E-state index < -0.39 is 5.25 Å². The van der Waals surface area contributed by atoms with E-state index in [1.807, 2.05) is 18.2 Å². The summed E-state index contributed by atoms with van der Waals surface area (Å²) in [6, 6.07) is 11.4. The third-order valence-corrected chi connectivity index (χ3v) is 6.74. The van der Waals surface area contributed by atoms with Crippen LogP contribution < -0.4 is 4.90 Å². The molecule has 0 saturated carbocycles. The van der Waals surface area contributed by atoms with Crippen molar-refractivity contribution in [1.82, 2.24) is 4.98 Å². The molecule has 1 aliphatic carbocycles. The van der Waals surface area contributed by atoms with Crippen LogP contribution in [0.5, 0.6) is 0 Å². The van der Waals surface area contributed by atoms with E-state index >= 15 is 0 Å². The number of nitrogens with zero attached hydrogens (tertiary/aromatic N) is 3. The van der Waals surface area contributed by atoms with Crippen molar-refractivity contribution < 1.29 is 9.59 Å². The molecule has 0 spiro atoms. The molecule has 1 fully saturated rings. The minimum atomic E-state index is -0.544. The molecule has 1 saturated heterocycles. The Bertz CT molecular complexity index is 968. The second-order valence-corrected chi connectivity index (χ2v) is 9.06. The quantitative estimate of drug-likeness (QED) is 0.484. The Morgan fingerprint density at radius 1 is 1.19 bits per heavy atom. The number of thioether (sulfide) groups is 1. The maximum absolute atomic E-state index is 12.9. The Morgan fingerprint density at radius 3 is 2.67 bits per heavy atom. The maximum atomic E-state index is 12.9. The van der Waals surface area contributed by atoms with Gasteiger partial charge in [-0.15, -0.1) is 0 Å². The van der Waals surface area contributed by atoms with E-state index in [4.69, 9.17) is 0 Å². The van der Waals surface area contributed by atoms with Crippen molar-refractivity contribution in [1.29, 1.82) is 5.26 Å². The summed E-state index contributed by atoms with van der Waals surface area (Å²) in [6.07, 6.45) is 4.19. The van der Waals surface area contributed by atoms with Crippen LogP contribution in [0.1, 0.15) is 36.1 Å². The number of anilines is 1. The minimum absolute atomic E-state index is 0.124. The molecule has 2 aromatic rings. The fourth-order valence-corrected chi connectivity index (χ4v) is 4.93. The number of fused-ring (bicyclic) bond motifs is 1. The summed E-state index contributed by atoms with van der Waals surface area (Å²) >= 11 is 3.42. The predicted molar refractivity (Wildman–Crippen MR) is 112 cm³/mol. The van der Waals surface area contributed by atoms with Crippen LogP contribution in [0.2, 0.25) is 0 Å². The number of hydrogen-bond donors (Lipinski definition) is 0. The first-order valence-electron chi connectivity index (χ1n) is 8.78. The molecule has 1 aliphatic heterocycles. The number of aromatic nitrogens is 1. The van der Waals surface area contributed by atoms with Crippen molar-refractivity contribution in [3.8, 4) is 6.07 Å². The summed E-state index contributed by atoms with van der Waals surface area (Å²) in [6.45, 7) is 0. The van der Waals surface area contributed by atoms with E-state index in [2.05, 4.69) is 33.6 Å². The summed E-state index contributed by atoms with van der Waals surface area (Å²) in [5, 5.41) is 9.52. The topological polar surface area (TPSA) is 74.1 Å². The number of rotatable bonds is 3. The van der Waals surface area contributed by atoms with Crippen LogP contribution in [0.15, 0.2) is 35.4 Å². The smallest absolute Gasteiger partial charge is 0.247 e. The summed E-state index contributed by atoms with van der Waals surface area (Å²) < 4.78 is 1.04. The fraction of sp³-hybridized carbons (Fsp3) is 0.300. The Balaban J connectivity index is 1.60. The van der Waals surface area contributed by atoms with Gasteiger partial charge in [0, 0.05) is 15.7 Å². The highest BCUT2D eigenvalue weighted by Crippen LogP contribution is 2.36. The molecule has 1 atom stereocenters. The van der Waals surface area contributed by atoms with Crippen LogP contribution in [-0.4, -0.2) is 22.0 Å². The molecule has 27 heavy (non-hydrogen) atoms. The lowest BCUT2D eigenvalue weighted by molar-refractivity contribution is -0.121. The van der Waals surface area contributed by atoms with Crippen LogP contribution in [0.25, 0.3) is 0 Å². The first-order chi connectivity index (χ1) is 13.1. The van der Waals surface area contributed by atoms with Crippen LogP contribution in [-0.2, 0) is 22.4 Å². The van der Waals surface area contributed by atoms with Gasteiger partial charge in [-0.05, 0) is 84.2 Å². The van der Waals surface area contributed by atoms with Gasteiger partial charge in [0.15, 0.2) is 0 Å². The number of benzene rings is 1. The van der Waals surface area contributed by atoms with Crippen molar-refractivity contribution in [2.75, 3.05) is 4.90 Å². The number of imide groups is 1. The van der Waals surface area contributed by atoms with Gasteiger partial charge in [-0.25, -0.2) is 9.88 Å². The van der Waals surface area contributed by atoms with Crippen LogP contribution >= 0.6 is 34.4 Å². The Hall–Kier alpha value is -1.92. The molecule has 2 amide bonds. The molecule has 1 unspecified atom stereocenters. The molecule has 1 aromatic heterocycles. The fourth-order valence-electron chi connectivity index (χ4n) is 3.48. The second kappa shape index (κ2) is 7.60. The van der Waals surface area contributed by atoms with Gasteiger partial charge in [0.25, 0.3) is 0 Å². The third-order valence-electron chi connectivity index (χ3n) is 4.83. The molecule has 1 aromatic carbocycles. The first kappa shape index (κ1) is 18.4. The zero-order valence-corrected chi connectivity index (χ0v) is 17.4. The average Bonchev–Trinajstić information content (AvgIpc) is 2.95. The van der Waals surface area contributed by atoms with Gasteiger partial charge in [-0.3, -0.25) is 9.59 Å². The lowest BCUT2D eigenvalue weighted by Crippen LogP contribution is -2.31. The lowest BCUT2D eigenvalue weighted by atomic mass is 9.95. The largest absolute Gasteiger partial charge is 0.274 e. The molecular formula is C20H16IN3O2S. The first-order valence-corrected chi connectivity index (χ1v) is 10.7. The van der Waals surface area contributed by atoms with E-state index in [-0.39, 0.29) is 18.2 Å². The molecule has 2 aliphatic rings. The number of pyridine rings is 1. The van der Waals surface area contributed by atoms with Gasteiger partial charge in [-0.1, -0.05) is 11.8 Å². The van der Waals surface area contributed by atoms with Crippen LogP contribution in [0.3, 0.4) is 0 Å². The highest BCUT2D eigenvalue weighted by Gasteiger charge is 2.40. The van der Waals surface area contributed by atoms with E-state index in [9.17, 15) is 14.9 Å². The van der Waals surface area contributed by atoms with E-state index in [1.165, 1.54) is 16.7 Å². The van der Waals surface area contributed by atoms with Crippen LogP contribution in [0.4, 0.5) is 5.69 Å². The van der Waals surface area contributed by atoms with Gasteiger partial charge >= 0.3 is 0 Å². The summed E-state index contributed by atoms with van der Waals surface area (Å²) in [4.78, 5) is 31.3. The molecule has 2 heterocycles. The molecule has 136 valence electrons. The van der Waals surface area contributed by atoms with Crippen molar-refractivity contribution in [2.45, 2.75) is 42.4 Å². The standard InChI is InChI=1S/C20H16IN3O2S/c21-14-5-7-15(8-6-14)24-18(25)10-17(20(24)26)27-19-13(11-22)9-12-3-1-2-4-16(12)23-19/h5-9,17H,1-4,10H2. The summed E-state index contributed by atoms with van der Waals surface area (Å²) in [7, 11) is 0. The van der Waals surface area contributed by atoms with Crippen molar-refractivity contribution in [3.05, 3.63) is 50.7 Å². The number of carbonyl (C=O) groups is 2. The molecule has 0 bridgehead atoms. The number of hydrogen-bond acceptors (Lipinski definition) is 5. The third kappa shape index (κ3) is 3.60. The zero-order chi connectivity index (χ0) is 19.0. The number of amides is 2. The van der Waals surface area contributed by atoms with Crippen molar-refractivity contribution >= 4 is 51.9 Å². The summed E-state index contributed by atoms with van der Waals surface area (Å²) in [5.74, 6) is -0.454. The van der Waals surface area contributed by atoms with E-state index in [0.29, 0.717) is 16.3 Å². The van der Waals surface area contributed by atoms with Crippen LogP contribution in [0, 0.1) is 14.9 Å². The molecule has 0 N–H and O–H groups in total. The SMILES string of the molecule is N#Cc1cc2c(nc1SC1CC(=O)N(c3ccc(I)cc3)C1=O)CCCC2. The number of aryl methyl sites for hydroxylation is 2. The van der Waals surface area contributed by atoms with Gasteiger partial charge < -0.3 is 0 Å². The van der Waals surface area contributed by atoms with Gasteiger partial charge in [0.05, 0.1) is 16.5 Å². The average molecular weight is 489 g/mol. The number of carbonyl (C=O) groups excluding carboxylic acids is 2. The Labute approximate surface area is 175 Å². The van der Waals surface area contributed by atoms with E-state index in [1.54, 1.807) is 12.1 Å². The Morgan fingerprint density at radius 2 is 1.93 bits per heavy atom. The van der Waals surface area contributed by atoms with Gasteiger partial charge in [0.1, 0.15) is 11.1 Å². The highest BCUT2D eigenvalue weighted by atomic mass is 127. The minimum Gasteiger partial charge on any atom is -0.274 e. The highest BCUT2D eigenvalue weighted by molar-refractivity contribution is 14.1. The van der Waals surface area contributed by atoms with Crippen molar-refractivity contribution in [2.24, 2.45) is 0 Å². The maximum Gasteiger partial charge on any atom is 0.247 e. The van der Waals surface area contributed by atoms with Gasteiger partial charge in [-0.2, -0.15) is 5.26 Å². The lowest BCUT2D eigenvalue weighted by Gasteiger charge is -2.18. The molecule has 4 rings (SSSR count). The molecule has 0 radical (unpaired) electrons. The second-order valence-electron chi connectivity index (χ2n) is 6.62. The summed E-state index contributed by atoms with van der Waals surface area (Å²) in [5.41, 5.74) is 3.24. The predicted octanol–water partition coefficient (Wildman–Crippen LogP) is 3.86.